The highest BCUT2D eigenvalue weighted by molar-refractivity contribution is 9.11. The van der Waals surface area contributed by atoms with E-state index in [1.165, 1.54) is 12.1 Å². The summed E-state index contributed by atoms with van der Waals surface area (Å²) < 4.78 is 0.483. The van der Waals surface area contributed by atoms with Crippen molar-refractivity contribution in [2.45, 2.75) is 0 Å². The average Bonchev–Trinajstić information content (AvgIpc) is 2.31. The van der Waals surface area contributed by atoms with Crippen molar-refractivity contribution in [3.63, 3.8) is 0 Å². The van der Waals surface area contributed by atoms with E-state index < -0.39 is 11.9 Å². The van der Waals surface area contributed by atoms with Gasteiger partial charge in [-0.25, -0.2) is 9.59 Å². The predicted octanol–water partition coefficient (Wildman–Crippen LogP) is 1.58. The lowest BCUT2D eigenvalue weighted by Crippen LogP contribution is -2.03. The van der Waals surface area contributed by atoms with Gasteiger partial charge in [0.2, 0.25) is 0 Å². The first kappa shape index (κ1) is 17.0. The Morgan fingerprint density at radius 2 is 1.17 bits per heavy atom. The monoisotopic (exact) mass is 384 g/mol. The molecular weight excluding hydrogens is 376 g/mol. The molecule has 6 nitrogen and oxygen atoms in total. The van der Waals surface area contributed by atoms with Crippen LogP contribution in [0, 0.1) is 0 Å². The Balaban J connectivity index is 0.000000631. The molecule has 100 valence electrons. The molecule has 8 heteroatoms. The van der Waals surface area contributed by atoms with Crippen LogP contribution in [0.15, 0.2) is 21.1 Å². The lowest BCUT2D eigenvalue weighted by atomic mass is 10.1. The number of aromatic carboxylic acids is 2. The summed E-state index contributed by atoms with van der Waals surface area (Å²) in [6, 6.07) is 2.49. The van der Waals surface area contributed by atoms with Gasteiger partial charge in [-0.2, -0.15) is 0 Å². The van der Waals surface area contributed by atoms with Gasteiger partial charge >= 0.3 is 11.9 Å². The predicted molar refractivity (Wildman–Crippen MR) is 69.9 cm³/mol. The Hall–Kier alpha value is -0.960. The van der Waals surface area contributed by atoms with E-state index in [4.69, 9.17) is 20.4 Å². The van der Waals surface area contributed by atoms with Crippen LogP contribution < -0.4 is 0 Å². The molecule has 0 atom stereocenters. The molecule has 0 aliphatic rings. The molecule has 0 fully saturated rings. The fourth-order valence-electron chi connectivity index (χ4n) is 0.875. The third kappa shape index (κ3) is 5.13. The van der Waals surface area contributed by atoms with Gasteiger partial charge in [-0.15, -0.1) is 0 Å². The molecule has 0 saturated carbocycles. The van der Waals surface area contributed by atoms with Crippen LogP contribution in [0.1, 0.15) is 20.7 Å². The van der Waals surface area contributed by atoms with E-state index in [1.807, 2.05) is 0 Å². The van der Waals surface area contributed by atoms with Gasteiger partial charge in [-0.05, 0) is 44.0 Å². The summed E-state index contributed by atoms with van der Waals surface area (Å²) >= 11 is 5.97. The maximum Gasteiger partial charge on any atom is 0.336 e. The zero-order chi connectivity index (χ0) is 14.3. The topological polar surface area (TPSA) is 115 Å². The molecule has 1 rings (SSSR count). The summed E-state index contributed by atoms with van der Waals surface area (Å²) in [6.45, 7) is -0.250. The highest BCUT2D eigenvalue weighted by atomic mass is 79.9. The number of hydrogen-bond donors (Lipinski definition) is 4. The Morgan fingerprint density at radius 1 is 0.889 bits per heavy atom. The molecule has 0 bridgehead atoms. The average molecular weight is 386 g/mol. The van der Waals surface area contributed by atoms with Crippen molar-refractivity contribution in [3.05, 3.63) is 32.2 Å². The highest BCUT2D eigenvalue weighted by Crippen LogP contribution is 2.26. The van der Waals surface area contributed by atoms with Crippen LogP contribution in [0.3, 0.4) is 0 Å². The lowest BCUT2D eigenvalue weighted by molar-refractivity contribution is 0.0679. The molecule has 1 aromatic rings. The van der Waals surface area contributed by atoms with Crippen LogP contribution in [0.25, 0.3) is 0 Å². The van der Waals surface area contributed by atoms with Gasteiger partial charge in [-0.1, -0.05) is 0 Å². The second-order valence-corrected chi connectivity index (χ2v) is 4.58. The highest BCUT2D eigenvalue weighted by Gasteiger charge is 2.15. The number of rotatable bonds is 3. The number of carbonyl (C=O) groups is 2. The van der Waals surface area contributed by atoms with E-state index in [0.29, 0.717) is 0 Å². The summed E-state index contributed by atoms with van der Waals surface area (Å²) in [6.07, 6.45) is 0. The number of halogens is 2. The van der Waals surface area contributed by atoms with Crippen molar-refractivity contribution < 1.29 is 30.0 Å². The fraction of sp³-hybridized carbons (Fsp3) is 0.200. The molecule has 0 aliphatic heterocycles. The maximum atomic E-state index is 10.7. The van der Waals surface area contributed by atoms with Crippen molar-refractivity contribution in [1.82, 2.24) is 0 Å². The van der Waals surface area contributed by atoms with E-state index in [-0.39, 0.29) is 33.3 Å². The number of hydrogen-bond acceptors (Lipinski definition) is 4. The van der Waals surface area contributed by atoms with Gasteiger partial charge in [-0.3, -0.25) is 0 Å². The second-order valence-electron chi connectivity index (χ2n) is 2.87. The molecule has 1 aromatic carbocycles. The van der Waals surface area contributed by atoms with Crippen molar-refractivity contribution in [2.24, 2.45) is 0 Å². The van der Waals surface area contributed by atoms with Crippen molar-refractivity contribution in [3.8, 4) is 0 Å². The fourth-order valence-corrected chi connectivity index (χ4v) is 1.90. The van der Waals surface area contributed by atoms with Gasteiger partial charge in [0.1, 0.15) is 0 Å². The molecule has 0 aromatic heterocycles. The largest absolute Gasteiger partial charge is 0.478 e. The normalized spacial score (nSPS) is 9.33. The smallest absolute Gasteiger partial charge is 0.336 e. The molecule has 0 unspecified atom stereocenters. The Bertz CT molecular complexity index is 404. The third-order valence-electron chi connectivity index (χ3n) is 1.62. The molecule has 4 N–H and O–H groups in total. The molecule has 0 aliphatic carbocycles. The zero-order valence-corrected chi connectivity index (χ0v) is 12.1. The van der Waals surface area contributed by atoms with Crippen LogP contribution >= 0.6 is 31.9 Å². The summed E-state index contributed by atoms with van der Waals surface area (Å²) in [5, 5.41) is 32.7. The van der Waals surface area contributed by atoms with Crippen molar-refractivity contribution in [2.75, 3.05) is 13.2 Å². The van der Waals surface area contributed by atoms with Gasteiger partial charge in [0.05, 0.1) is 24.3 Å². The van der Waals surface area contributed by atoms with Crippen LogP contribution in [0.2, 0.25) is 0 Å². The third-order valence-corrected chi connectivity index (χ3v) is 2.93. The second kappa shape index (κ2) is 8.20. The summed E-state index contributed by atoms with van der Waals surface area (Å²) in [5.41, 5.74) is 0.0313. The first-order valence-corrected chi connectivity index (χ1v) is 6.11. The summed E-state index contributed by atoms with van der Waals surface area (Å²) in [4.78, 5) is 21.3. The molecule has 0 amide bonds. The molecule has 0 saturated heterocycles. The minimum atomic E-state index is -1.12. The van der Waals surface area contributed by atoms with Crippen LogP contribution in [-0.2, 0) is 0 Å². The number of aliphatic hydroxyl groups is 2. The first-order valence-electron chi connectivity index (χ1n) is 4.52. The molecule has 18 heavy (non-hydrogen) atoms. The van der Waals surface area contributed by atoms with E-state index in [2.05, 4.69) is 31.9 Å². The first-order chi connectivity index (χ1) is 8.34. The van der Waals surface area contributed by atoms with Gasteiger partial charge in [0.15, 0.2) is 0 Å². The number of aliphatic hydroxyl groups excluding tert-OH is 2. The standard InChI is InChI=1S/C8H4Br2O4.C2H6O2/c9-5-1-3(7(11)12)6(10)2-4(5)8(13)14;3-1-2-4/h1-2H,(H,11,12)(H,13,14);3-4H,1-2H2. The number of carboxylic acid groups (broad SMARTS) is 2. The van der Waals surface area contributed by atoms with Crippen LogP contribution in [0.5, 0.6) is 0 Å². The minimum absolute atomic E-state index is 0.0156. The molecular formula is C10H10Br2O6. The quantitative estimate of drug-likeness (QED) is 0.627. The van der Waals surface area contributed by atoms with Gasteiger partial charge < -0.3 is 20.4 Å². The summed E-state index contributed by atoms with van der Waals surface area (Å²) in [7, 11) is 0. The number of carboxylic acids is 2. The van der Waals surface area contributed by atoms with E-state index >= 15 is 0 Å². The van der Waals surface area contributed by atoms with Gasteiger partial charge in [0.25, 0.3) is 0 Å². The van der Waals surface area contributed by atoms with E-state index in [0.717, 1.165) is 0 Å². The molecule has 0 spiro atoms. The van der Waals surface area contributed by atoms with Crippen molar-refractivity contribution >= 4 is 43.8 Å². The van der Waals surface area contributed by atoms with Crippen LogP contribution in [0.4, 0.5) is 0 Å². The maximum absolute atomic E-state index is 10.7. The SMILES string of the molecule is O=C(O)c1cc(Br)c(C(=O)O)cc1Br.OCCO. The molecule has 0 radical (unpaired) electrons. The molecule has 0 heterocycles. The van der Waals surface area contributed by atoms with Gasteiger partial charge in [0, 0.05) is 8.95 Å². The van der Waals surface area contributed by atoms with E-state index in [9.17, 15) is 9.59 Å². The Morgan fingerprint density at radius 3 is 1.33 bits per heavy atom. The Kier molecular flexibility index (Phi) is 7.76. The zero-order valence-electron chi connectivity index (χ0n) is 8.93. The Labute approximate surface area is 119 Å². The van der Waals surface area contributed by atoms with Crippen molar-refractivity contribution in [1.29, 1.82) is 0 Å². The minimum Gasteiger partial charge on any atom is -0.478 e. The lowest BCUT2D eigenvalue weighted by Gasteiger charge is -2.03. The van der Waals surface area contributed by atoms with E-state index in [1.54, 1.807) is 0 Å². The van der Waals surface area contributed by atoms with Crippen LogP contribution in [-0.4, -0.2) is 45.6 Å². The number of benzene rings is 1. The summed E-state index contributed by atoms with van der Waals surface area (Å²) in [5.74, 6) is -2.23.